The van der Waals surface area contributed by atoms with Gasteiger partial charge in [-0.1, -0.05) is 6.07 Å². The number of hydrogen-bond acceptors (Lipinski definition) is 5. The van der Waals surface area contributed by atoms with Crippen molar-refractivity contribution in [1.82, 2.24) is 9.80 Å². The average molecular weight is 512 g/mol. The van der Waals surface area contributed by atoms with Gasteiger partial charge in [0, 0.05) is 37.4 Å². The number of nitrogens with zero attached hydrogens (tertiary/aromatic N) is 3. The number of likely N-dealkylation sites (tertiary alicyclic amines) is 2. The van der Waals surface area contributed by atoms with E-state index in [1.54, 1.807) is 0 Å². The van der Waals surface area contributed by atoms with Crippen molar-refractivity contribution >= 4 is 17.7 Å². The zero-order valence-electron chi connectivity index (χ0n) is 21.0. The van der Waals surface area contributed by atoms with Crippen LogP contribution in [-0.4, -0.2) is 77.0 Å². The number of carboxylic acids is 1. The fourth-order valence-corrected chi connectivity index (χ4v) is 6.02. The second-order valence-corrected chi connectivity index (χ2v) is 10.5. The van der Waals surface area contributed by atoms with Crippen LogP contribution in [0.1, 0.15) is 63.0 Å². The van der Waals surface area contributed by atoms with Crippen molar-refractivity contribution in [1.29, 1.82) is 0 Å². The molecule has 3 heterocycles. The molecule has 3 saturated heterocycles. The van der Waals surface area contributed by atoms with Gasteiger partial charge < -0.3 is 19.6 Å². The molecule has 36 heavy (non-hydrogen) atoms. The summed E-state index contributed by atoms with van der Waals surface area (Å²) in [5, 5.41) is 9.71. The summed E-state index contributed by atoms with van der Waals surface area (Å²) in [5.74, 6) is -0.786. The summed E-state index contributed by atoms with van der Waals surface area (Å²) < 4.78 is 43.0. The third-order valence-corrected chi connectivity index (χ3v) is 8.05. The van der Waals surface area contributed by atoms with Gasteiger partial charge in [0.1, 0.15) is 6.04 Å². The lowest BCUT2D eigenvalue weighted by molar-refractivity contribution is -0.200. The van der Waals surface area contributed by atoms with E-state index < -0.39 is 30.4 Å². The minimum atomic E-state index is -4.57. The van der Waals surface area contributed by atoms with E-state index in [2.05, 4.69) is 27.8 Å². The van der Waals surface area contributed by atoms with Crippen molar-refractivity contribution in [3.8, 4) is 0 Å². The fraction of sp³-hybridized carbons (Fsp3) is 0.692. The summed E-state index contributed by atoms with van der Waals surface area (Å²) in [4.78, 5) is 29.9. The van der Waals surface area contributed by atoms with Crippen LogP contribution in [0.3, 0.4) is 0 Å². The number of ether oxygens (including phenoxy) is 1. The third-order valence-electron chi connectivity index (χ3n) is 8.05. The molecule has 3 aliphatic rings. The highest BCUT2D eigenvalue weighted by Gasteiger charge is 2.45. The number of aryl methyl sites for hydroxylation is 1. The van der Waals surface area contributed by atoms with Crippen LogP contribution in [0.25, 0.3) is 0 Å². The van der Waals surface area contributed by atoms with E-state index in [4.69, 9.17) is 0 Å². The number of carbonyl (C=O) groups excluding carboxylic acids is 1. The van der Waals surface area contributed by atoms with Crippen LogP contribution >= 0.6 is 0 Å². The first-order chi connectivity index (χ1) is 17.0. The van der Waals surface area contributed by atoms with Crippen LogP contribution in [0.5, 0.6) is 0 Å². The maximum absolute atomic E-state index is 12.8. The number of alkyl halides is 3. The molecule has 0 aliphatic carbocycles. The molecule has 1 unspecified atom stereocenters. The first-order valence-corrected chi connectivity index (χ1v) is 12.9. The number of amides is 1. The number of carboxylic acid groups (broad SMARTS) is 1. The Hall–Kier alpha value is -2.49. The molecule has 1 aromatic rings. The number of aliphatic carboxylic acids is 1. The van der Waals surface area contributed by atoms with Gasteiger partial charge in [-0.25, -0.2) is 9.59 Å². The van der Waals surface area contributed by atoms with Gasteiger partial charge in [-0.05, 0) is 88.6 Å². The summed E-state index contributed by atoms with van der Waals surface area (Å²) in [5.41, 5.74) is 3.07. The van der Waals surface area contributed by atoms with E-state index in [1.165, 1.54) is 4.90 Å². The van der Waals surface area contributed by atoms with Gasteiger partial charge in [0.15, 0.2) is 6.10 Å². The predicted octanol–water partition coefficient (Wildman–Crippen LogP) is 4.96. The van der Waals surface area contributed by atoms with Gasteiger partial charge in [0.05, 0.1) is 0 Å². The smallest absolute Gasteiger partial charge is 0.425 e. The zero-order chi connectivity index (χ0) is 26.1. The van der Waals surface area contributed by atoms with Crippen LogP contribution < -0.4 is 4.90 Å². The van der Waals surface area contributed by atoms with Crippen molar-refractivity contribution in [3.05, 3.63) is 29.3 Å². The largest absolute Gasteiger partial charge is 0.480 e. The van der Waals surface area contributed by atoms with Crippen molar-refractivity contribution in [2.24, 2.45) is 0 Å². The van der Waals surface area contributed by atoms with Crippen LogP contribution in [-0.2, 0) is 16.1 Å². The highest BCUT2D eigenvalue weighted by atomic mass is 19.4. The van der Waals surface area contributed by atoms with E-state index in [-0.39, 0.29) is 5.54 Å². The van der Waals surface area contributed by atoms with Gasteiger partial charge in [0.2, 0.25) is 0 Å². The topological polar surface area (TPSA) is 73.3 Å². The van der Waals surface area contributed by atoms with E-state index in [0.717, 1.165) is 69.1 Å². The van der Waals surface area contributed by atoms with E-state index in [1.807, 2.05) is 11.8 Å². The summed E-state index contributed by atoms with van der Waals surface area (Å²) in [6.07, 6.45) is -1.66. The number of halogens is 3. The number of hydrogen-bond donors (Lipinski definition) is 1. The second kappa shape index (κ2) is 10.5. The first-order valence-electron chi connectivity index (χ1n) is 12.9. The monoisotopic (exact) mass is 511 g/mol. The molecule has 0 saturated carbocycles. The minimum absolute atomic E-state index is 0.0922. The molecule has 1 spiro atoms. The number of anilines is 1. The van der Waals surface area contributed by atoms with Gasteiger partial charge >= 0.3 is 18.2 Å². The third kappa shape index (κ3) is 5.74. The molecule has 1 aromatic carbocycles. The lowest BCUT2D eigenvalue weighted by atomic mass is 9.84. The van der Waals surface area contributed by atoms with Crippen molar-refractivity contribution in [2.75, 3.05) is 31.1 Å². The fourth-order valence-electron chi connectivity index (χ4n) is 6.02. The summed E-state index contributed by atoms with van der Waals surface area (Å²) in [7, 11) is 0. The van der Waals surface area contributed by atoms with Gasteiger partial charge in [-0.15, -0.1) is 0 Å². The Balaban J connectivity index is 1.43. The van der Waals surface area contributed by atoms with E-state index >= 15 is 0 Å². The highest BCUT2D eigenvalue weighted by molar-refractivity contribution is 5.78. The molecule has 0 bridgehead atoms. The number of carbonyl (C=O) groups is 2. The molecule has 1 amide bonds. The lowest BCUT2D eigenvalue weighted by Gasteiger charge is -2.45. The molecule has 3 fully saturated rings. The van der Waals surface area contributed by atoms with E-state index in [0.29, 0.717) is 32.4 Å². The Bertz CT molecular complexity index is 962. The van der Waals surface area contributed by atoms with Crippen LogP contribution in [0, 0.1) is 6.92 Å². The lowest BCUT2D eigenvalue weighted by Crippen LogP contribution is -2.53. The summed E-state index contributed by atoms with van der Waals surface area (Å²) in [6.45, 7) is 5.97. The Morgan fingerprint density at radius 1 is 1.08 bits per heavy atom. The van der Waals surface area contributed by atoms with Gasteiger partial charge in [0.25, 0.3) is 0 Å². The molecule has 0 radical (unpaired) electrons. The van der Waals surface area contributed by atoms with E-state index in [9.17, 15) is 27.9 Å². The predicted molar refractivity (Wildman–Crippen MR) is 129 cm³/mol. The first kappa shape index (κ1) is 26.6. The Kier molecular flexibility index (Phi) is 7.73. The Labute approximate surface area is 210 Å². The second-order valence-electron chi connectivity index (χ2n) is 10.5. The average Bonchev–Trinajstić information content (AvgIpc) is 3.19. The molecular weight excluding hydrogens is 475 g/mol. The number of rotatable bonds is 5. The van der Waals surface area contributed by atoms with Crippen molar-refractivity contribution in [2.45, 2.75) is 89.2 Å². The Morgan fingerprint density at radius 2 is 1.81 bits per heavy atom. The molecule has 7 nitrogen and oxygen atoms in total. The van der Waals surface area contributed by atoms with Crippen LogP contribution in [0.4, 0.5) is 23.7 Å². The quantitative estimate of drug-likeness (QED) is 0.603. The van der Waals surface area contributed by atoms with Gasteiger partial charge in [-0.2, -0.15) is 13.2 Å². The highest BCUT2D eigenvalue weighted by Crippen LogP contribution is 2.40. The van der Waals surface area contributed by atoms with Crippen molar-refractivity contribution in [3.63, 3.8) is 0 Å². The normalized spacial score (nSPS) is 23.6. The summed E-state index contributed by atoms with van der Waals surface area (Å²) in [6, 6.07) is 5.79. The molecular formula is C26H36F3N3O4. The standard InChI is InChI=1S/C26H36F3N3O4/c1-18-14-20(16-21(15-18)32-11-4-3-6-22(32)23(33)34)17-31-10-5-7-25(31)8-12-30(13-9-25)24(35)36-19(2)26(27,28)29/h14-16,19,22H,3-13,17H2,1-2H3,(H,33,34)/t19?,22-/m1/s1. The summed E-state index contributed by atoms with van der Waals surface area (Å²) >= 11 is 0. The molecule has 2 atom stereocenters. The van der Waals surface area contributed by atoms with Crippen molar-refractivity contribution < 1.29 is 32.6 Å². The molecule has 0 aromatic heterocycles. The molecule has 4 rings (SSSR count). The van der Waals surface area contributed by atoms with Crippen LogP contribution in [0.15, 0.2) is 18.2 Å². The maximum atomic E-state index is 12.8. The minimum Gasteiger partial charge on any atom is -0.480 e. The SMILES string of the molecule is Cc1cc(CN2CCCC23CCN(C(=O)OC(C)C(F)(F)F)CC3)cc(N2CCCC[C@@H]2C(=O)O)c1. The Morgan fingerprint density at radius 3 is 2.47 bits per heavy atom. The molecule has 3 aliphatic heterocycles. The van der Waals surface area contributed by atoms with Crippen LogP contribution in [0.2, 0.25) is 0 Å². The molecule has 1 N–H and O–H groups in total. The maximum Gasteiger partial charge on any atom is 0.425 e. The number of benzene rings is 1. The molecule has 10 heteroatoms. The number of piperidine rings is 2. The molecule has 200 valence electrons. The zero-order valence-corrected chi connectivity index (χ0v) is 21.0. The van der Waals surface area contributed by atoms with Gasteiger partial charge in [-0.3, -0.25) is 4.90 Å².